The monoisotopic (exact) mass is 230 g/mol. The van der Waals surface area contributed by atoms with Gasteiger partial charge in [-0.25, -0.2) is 5.84 Å². The van der Waals surface area contributed by atoms with Crippen LogP contribution in [0.5, 0.6) is 0 Å². The average molecular weight is 231 g/mol. The topological polar surface area (TPSA) is 63.8 Å². The molecule has 1 heterocycles. The molecule has 0 aliphatic rings. The molecule has 5 heteroatoms. The minimum atomic E-state index is 0.634. The number of hydrazine groups is 1. The van der Waals surface area contributed by atoms with Crippen molar-refractivity contribution in [2.75, 3.05) is 5.43 Å². The van der Waals surface area contributed by atoms with Crippen LogP contribution >= 0.6 is 15.9 Å². The first-order valence-corrected chi connectivity index (χ1v) is 4.48. The minimum Gasteiger partial charge on any atom is -0.307 e. The third kappa shape index (κ3) is 1.56. The van der Waals surface area contributed by atoms with Crippen molar-refractivity contribution >= 4 is 21.7 Å². The number of halogens is 1. The van der Waals surface area contributed by atoms with Crippen molar-refractivity contribution < 1.29 is 0 Å². The van der Waals surface area contributed by atoms with Gasteiger partial charge in [0, 0.05) is 5.56 Å². The highest BCUT2D eigenvalue weighted by Gasteiger charge is 2.07. The van der Waals surface area contributed by atoms with Crippen LogP contribution in [0, 0.1) is 6.92 Å². The summed E-state index contributed by atoms with van der Waals surface area (Å²) in [5, 5.41) is 7.78. The predicted octanol–water partition coefficient (Wildman–Crippen LogP) is 1.40. The van der Waals surface area contributed by atoms with Gasteiger partial charge < -0.3 is 5.43 Å². The van der Waals surface area contributed by atoms with Crippen LogP contribution in [0.4, 0.5) is 5.82 Å². The second-order valence-corrected chi connectivity index (χ2v) is 3.19. The van der Waals surface area contributed by atoms with Gasteiger partial charge in [0.25, 0.3) is 0 Å². The lowest BCUT2D eigenvalue weighted by Gasteiger charge is -2.08. The van der Waals surface area contributed by atoms with Crippen LogP contribution < -0.4 is 11.3 Å². The highest BCUT2D eigenvalue weighted by Crippen LogP contribution is 2.21. The molecule has 0 atom stereocenters. The number of hydrogen-bond donors (Lipinski definition) is 2. The summed E-state index contributed by atoms with van der Waals surface area (Å²) in [6, 6.07) is 0. The Morgan fingerprint density at radius 3 is 2.67 bits per heavy atom. The summed E-state index contributed by atoms with van der Waals surface area (Å²) in [5.74, 6) is 5.89. The molecule has 0 fully saturated rings. The van der Waals surface area contributed by atoms with Gasteiger partial charge in [-0.2, -0.15) is 0 Å². The van der Waals surface area contributed by atoms with E-state index in [4.69, 9.17) is 5.84 Å². The van der Waals surface area contributed by atoms with Crippen molar-refractivity contribution in [1.82, 2.24) is 10.2 Å². The van der Waals surface area contributed by atoms with Crippen LogP contribution in [0.25, 0.3) is 0 Å². The smallest absolute Gasteiger partial charge is 0.165 e. The van der Waals surface area contributed by atoms with Crippen LogP contribution in [-0.2, 0) is 6.42 Å². The summed E-state index contributed by atoms with van der Waals surface area (Å²) < 4.78 is 0.793. The lowest BCUT2D eigenvalue weighted by atomic mass is 10.1. The van der Waals surface area contributed by atoms with E-state index in [1.165, 1.54) is 0 Å². The first-order valence-electron chi connectivity index (χ1n) is 3.69. The number of nitrogens with zero attached hydrogens (tertiary/aromatic N) is 2. The normalized spacial score (nSPS) is 10.0. The highest BCUT2D eigenvalue weighted by molar-refractivity contribution is 9.10. The number of rotatable bonds is 2. The van der Waals surface area contributed by atoms with E-state index in [2.05, 4.69) is 38.5 Å². The summed E-state index contributed by atoms with van der Waals surface area (Å²) in [7, 11) is 0. The molecule has 3 N–H and O–H groups in total. The van der Waals surface area contributed by atoms with E-state index in [1.54, 1.807) is 0 Å². The lowest BCUT2D eigenvalue weighted by molar-refractivity contribution is 0.932. The Hall–Kier alpha value is -0.680. The Kier molecular flexibility index (Phi) is 2.99. The van der Waals surface area contributed by atoms with Gasteiger partial charge >= 0.3 is 0 Å². The van der Waals surface area contributed by atoms with E-state index >= 15 is 0 Å². The summed E-state index contributed by atoms with van der Waals surface area (Å²) in [5.41, 5.74) is 4.68. The molecular formula is C7H11BrN4. The quantitative estimate of drug-likeness (QED) is 0.596. The summed E-state index contributed by atoms with van der Waals surface area (Å²) >= 11 is 3.33. The van der Waals surface area contributed by atoms with Crippen LogP contribution in [0.1, 0.15) is 18.1 Å². The molecule has 0 saturated heterocycles. The maximum Gasteiger partial charge on any atom is 0.165 e. The zero-order valence-corrected chi connectivity index (χ0v) is 8.64. The van der Waals surface area contributed by atoms with Crippen molar-refractivity contribution in [2.24, 2.45) is 5.84 Å². The Bertz CT molecular complexity index is 287. The molecule has 1 aromatic rings. The highest BCUT2D eigenvalue weighted by atomic mass is 79.9. The van der Waals surface area contributed by atoms with Gasteiger partial charge in [0.2, 0.25) is 0 Å². The van der Waals surface area contributed by atoms with Crippen molar-refractivity contribution in [2.45, 2.75) is 20.3 Å². The van der Waals surface area contributed by atoms with Gasteiger partial charge in [0.1, 0.15) is 4.60 Å². The zero-order valence-electron chi connectivity index (χ0n) is 7.06. The van der Waals surface area contributed by atoms with Gasteiger partial charge in [-0.05, 0) is 34.8 Å². The van der Waals surface area contributed by atoms with E-state index < -0.39 is 0 Å². The summed E-state index contributed by atoms with van der Waals surface area (Å²) in [6.07, 6.45) is 0.913. The van der Waals surface area contributed by atoms with E-state index in [0.717, 1.165) is 22.2 Å². The van der Waals surface area contributed by atoms with Gasteiger partial charge in [-0.1, -0.05) is 6.92 Å². The molecule has 12 heavy (non-hydrogen) atoms. The van der Waals surface area contributed by atoms with Crippen molar-refractivity contribution in [3.63, 3.8) is 0 Å². The predicted molar refractivity (Wildman–Crippen MR) is 51.7 cm³/mol. The fraction of sp³-hybridized carbons (Fsp3) is 0.429. The largest absolute Gasteiger partial charge is 0.307 e. The SMILES string of the molecule is CCc1c(Br)nnc(NN)c1C. The van der Waals surface area contributed by atoms with Gasteiger partial charge in [-0.3, -0.25) is 0 Å². The lowest BCUT2D eigenvalue weighted by Crippen LogP contribution is -2.12. The molecular weight excluding hydrogens is 220 g/mol. The minimum absolute atomic E-state index is 0.634. The fourth-order valence-corrected chi connectivity index (χ4v) is 1.73. The molecule has 0 bridgehead atoms. The van der Waals surface area contributed by atoms with Gasteiger partial charge in [-0.15, -0.1) is 10.2 Å². The van der Waals surface area contributed by atoms with E-state index in [0.29, 0.717) is 5.82 Å². The third-order valence-electron chi connectivity index (χ3n) is 1.78. The first kappa shape index (κ1) is 9.41. The number of hydrogen-bond acceptors (Lipinski definition) is 4. The molecule has 1 rings (SSSR count). The number of nitrogen functional groups attached to an aromatic ring is 1. The van der Waals surface area contributed by atoms with Crippen molar-refractivity contribution in [3.8, 4) is 0 Å². The van der Waals surface area contributed by atoms with E-state index in [-0.39, 0.29) is 0 Å². The maximum atomic E-state index is 5.26. The second-order valence-electron chi connectivity index (χ2n) is 2.44. The Balaban J connectivity index is 3.24. The summed E-state index contributed by atoms with van der Waals surface area (Å²) in [4.78, 5) is 0. The average Bonchev–Trinajstić information content (AvgIpc) is 2.06. The summed E-state index contributed by atoms with van der Waals surface area (Å²) in [6.45, 7) is 4.03. The zero-order chi connectivity index (χ0) is 9.14. The molecule has 66 valence electrons. The number of anilines is 1. The Labute approximate surface area is 79.7 Å². The van der Waals surface area contributed by atoms with Crippen LogP contribution in [-0.4, -0.2) is 10.2 Å². The van der Waals surface area contributed by atoms with Crippen LogP contribution in [0.15, 0.2) is 4.60 Å². The molecule has 0 radical (unpaired) electrons. The van der Waals surface area contributed by atoms with Crippen LogP contribution in [0.3, 0.4) is 0 Å². The van der Waals surface area contributed by atoms with Crippen molar-refractivity contribution in [1.29, 1.82) is 0 Å². The molecule has 4 nitrogen and oxygen atoms in total. The molecule has 0 aliphatic carbocycles. The molecule has 0 spiro atoms. The Morgan fingerprint density at radius 2 is 2.17 bits per heavy atom. The molecule has 1 aromatic heterocycles. The number of nitrogens with two attached hydrogens (primary N) is 1. The molecule has 0 aromatic carbocycles. The first-order chi connectivity index (χ1) is 5.70. The third-order valence-corrected chi connectivity index (χ3v) is 2.42. The fourth-order valence-electron chi connectivity index (χ4n) is 1.08. The molecule has 0 amide bonds. The van der Waals surface area contributed by atoms with Crippen molar-refractivity contribution in [3.05, 3.63) is 15.7 Å². The van der Waals surface area contributed by atoms with E-state index in [9.17, 15) is 0 Å². The number of nitrogens with one attached hydrogen (secondary N) is 1. The van der Waals surface area contributed by atoms with Crippen LogP contribution in [0.2, 0.25) is 0 Å². The maximum absolute atomic E-state index is 5.26. The Morgan fingerprint density at radius 1 is 1.50 bits per heavy atom. The standard InChI is InChI=1S/C7H11BrN4/c1-3-5-4(2)7(10-9)12-11-6(5)8/h3,9H2,1-2H3,(H,10,12). The van der Waals surface area contributed by atoms with E-state index in [1.807, 2.05) is 6.92 Å². The molecule has 0 aliphatic heterocycles. The second kappa shape index (κ2) is 3.82. The number of aromatic nitrogens is 2. The molecule has 0 saturated carbocycles. The van der Waals surface area contributed by atoms with Gasteiger partial charge in [0.15, 0.2) is 5.82 Å². The molecule has 0 unspecified atom stereocenters. The van der Waals surface area contributed by atoms with Gasteiger partial charge in [0.05, 0.1) is 0 Å².